The quantitative estimate of drug-likeness (QED) is 0.646. The fraction of sp³-hybridized carbons (Fsp3) is 0.625. The summed E-state index contributed by atoms with van der Waals surface area (Å²) in [7, 11) is 0. The Kier molecular flexibility index (Phi) is 8.23. The van der Waals surface area contributed by atoms with Gasteiger partial charge in [0.1, 0.15) is 0 Å². The first kappa shape index (κ1) is 16.9. The third-order valence-corrected chi connectivity index (χ3v) is 3.28. The molecule has 0 radical (unpaired) electrons. The van der Waals surface area contributed by atoms with Crippen LogP contribution in [-0.4, -0.2) is 24.9 Å². The fourth-order valence-corrected chi connectivity index (χ4v) is 2.08. The van der Waals surface area contributed by atoms with Gasteiger partial charge in [-0.3, -0.25) is 0 Å². The van der Waals surface area contributed by atoms with E-state index in [0.29, 0.717) is 12.4 Å². The van der Waals surface area contributed by atoms with Gasteiger partial charge in [-0.05, 0) is 50.4 Å². The number of ether oxygens (including phenoxy) is 1. The van der Waals surface area contributed by atoms with Gasteiger partial charge >= 0.3 is 0 Å². The molecule has 1 rings (SSSR count). The molecule has 1 aromatic carbocycles. The zero-order valence-corrected chi connectivity index (χ0v) is 12.5. The maximum absolute atomic E-state index is 13.9. The number of halogens is 1. The van der Waals surface area contributed by atoms with Gasteiger partial charge in [0.15, 0.2) is 11.6 Å². The Morgan fingerprint density at radius 2 is 2.00 bits per heavy atom. The molecule has 0 aromatic heterocycles. The molecule has 0 aliphatic heterocycles. The highest BCUT2D eigenvalue weighted by Gasteiger charge is 2.09. The first-order valence-electron chi connectivity index (χ1n) is 7.45. The average Bonchev–Trinajstić information content (AvgIpc) is 2.44. The third kappa shape index (κ3) is 5.88. The number of nitrogens with one attached hydrogen (secondary N) is 1. The summed E-state index contributed by atoms with van der Waals surface area (Å²) >= 11 is 0. The Bertz CT molecular complexity index is 385. The summed E-state index contributed by atoms with van der Waals surface area (Å²) in [5.74, 6) is 0.0159. The van der Waals surface area contributed by atoms with Crippen LogP contribution in [0.25, 0.3) is 0 Å². The van der Waals surface area contributed by atoms with Crippen molar-refractivity contribution in [2.24, 2.45) is 0 Å². The molecule has 3 nitrogen and oxygen atoms in total. The molecular formula is C16H26FNO2. The minimum Gasteiger partial charge on any atom is -0.491 e. The van der Waals surface area contributed by atoms with Crippen molar-refractivity contribution in [1.82, 2.24) is 5.32 Å². The van der Waals surface area contributed by atoms with Crippen molar-refractivity contribution in [3.8, 4) is 5.75 Å². The maximum atomic E-state index is 13.9. The fourth-order valence-electron chi connectivity index (χ4n) is 2.08. The van der Waals surface area contributed by atoms with Crippen molar-refractivity contribution in [1.29, 1.82) is 0 Å². The van der Waals surface area contributed by atoms with Gasteiger partial charge in [0, 0.05) is 12.6 Å². The second kappa shape index (κ2) is 9.72. The molecule has 1 unspecified atom stereocenters. The van der Waals surface area contributed by atoms with Crippen LogP contribution in [0.5, 0.6) is 5.75 Å². The Morgan fingerprint density at radius 1 is 1.25 bits per heavy atom. The predicted octanol–water partition coefficient (Wildman–Crippen LogP) is 3.43. The highest BCUT2D eigenvalue weighted by Crippen LogP contribution is 2.22. The van der Waals surface area contributed by atoms with Crippen LogP contribution in [0, 0.1) is 5.82 Å². The van der Waals surface area contributed by atoms with E-state index >= 15 is 0 Å². The van der Waals surface area contributed by atoms with E-state index < -0.39 is 0 Å². The number of hydrogen-bond donors (Lipinski definition) is 2. The highest BCUT2D eigenvalue weighted by molar-refractivity contribution is 5.30. The molecule has 0 saturated carbocycles. The van der Waals surface area contributed by atoms with Crippen LogP contribution in [0.3, 0.4) is 0 Å². The monoisotopic (exact) mass is 283 g/mol. The first-order chi connectivity index (χ1) is 9.69. The van der Waals surface area contributed by atoms with Crippen molar-refractivity contribution in [2.75, 3.05) is 19.8 Å². The minimum atomic E-state index is -0.303. The zero-order chi connectivity index (χ0) is 14.8. The van der Waals surface area contributed by atoms with E-state index in [1.54, 1.807) is 6.07 Å². The van der Waals surface area contributed by atoms with Gasteiger partial charge in [-0.1, -0.05) is 19.4 Å². The van der Waals surface area contributed by atoms with Crippen LogP contribution < -0.4 is 10.1 Å². The van der Waals surface area contributed by atoms with Gasteiger partial charge in [0.2, 0.25) is 0 Å². The van der Waals surface area contributed by atoms with E-state index in [9.17, 15) is 4.39 Å². The predicted molar refractivity (Wildman–Crippen MR) is 79.5 cm³/mol. The van der Waals surface area contributed by atoms with Crippen molar-refractivity contribution < 1.29 is 14.2 Å². The van der Waals surface area contributed by atoms with Gasteiger partial charge in [0.05, 0.1) is 6.61 Å². The van der Waals surface area contributed by atoms with Crippen LogP contribution in [0.2, 0.25) is 0 Å². The summed E-state index contributed by atoms with van der Waals surface area (Å²) in [6, 6.07) is 5.28. The lowest BCUT2D eigenvalue weighted by atomic mass is 10.1. The average molecular weight is 283 g/mol. The Labute approximate surface area is 121 Å². The van der Waals surface area contributed by atoms with Crippen molar-refractivity contribution in [3.63, 3.8) is 0 Å². The van der Waals surface area contributed by atoms with Crippen molar-refractivity contribution >= 4 is 0 Å². The van der Waals surface area contributed by atoms with Crippen LogP contribution >= 0.6 is 0 Å². The molecule has 20 heavy (non-hydrogen) atoms. The van der Waals surface area contributed by atoms with Crippen LogP contribution in [0.1, 0.15) is 51.1 Å². The lowest BCUT2D eigenvalue weighted by molar-refractivity contribution is 0.269. The third-order valence-electron chi connectivity index (χ3n) is 3.28. The largest absolute Gasteiger partial charge is 0.491 e. The topological polar surface area (TPSA) is 41.5 Å². The SMILES string of the molecule is CCNC(C)c1ccc(OCCCCCCO)c(F)c1. The molecule has 1 aromatic rings. The molecule has 0 saturated heterocycles. The summed E-state index contributed by atoms with van der Waals surface area (Å²) in [4.78, 5) is 0. The molecule has 1 atom stereocenters. The van der Waals surface area contributed by atoms with Crippen LogP contribution in [0.4, 0.5) is 4.39 Å². The van der Waals surface area contributed by atoms with Crippen LogP contribution in [-0.2, 0) is 0 Å². The molecule has 0 bridgehead atoms. The smallest absolute Gasteiger partial charge is 0.165 e. The van der Waals surface area contributed by atoms with E-state index in [2.05, 4.69) is 5.32 Å². The molecule has 0 spiro atoms. The Morgan fingerprint density at radius 3 is 2.65 bits per heavy atom. The molecule has 0 aliphatic rings. The van der Waals surface area contributed by atoms with Gasteiger partial charge in [-0.15, -0.1) is 0 Å². The number of aliphatic hydroxyl groups is 1. The summed E-state index contributed by atoms with van der Waals surface area (Å²) in [6.45, 7) is 5.65. The maximum Gasteiger partial charge on any atom is 0.165 e. The van der Waals surface area contributed by atoms with Gasteiger partial charge in [0.25, 0.3) is 0 Å². The number of aliphatic hydroxyl groups excluding tert-OH is 1. The van der Waals surface area contributed by atoms with E-state index in [1.165, 1.54) is 6.07 Å². The van der Waals surface area contributed by atoms with E-state index in [1.807, 2.05) is 19.9 Å². The Hall–Kier alpha value is -1.13. The molecule has 0 heterocycles. The molecule has 0 amide bonds. The molecule has 0 fully saturated rings. The lowest BCUT2D eigenvalue weighted by Gasteiger charge is -2.14. The molecule has 0 aliphatic carbocycles. The van der Waals surface area contributed by atoms with Gasteiger partial charge < -0.3 is 15.2 Å². The molecule has 114 valence electrons. The van der Waals surface area contributed by atoms with Gasteiger partial charge in [-0.2, -0.15) is 0 Å². The molecular weight excluding hydrogens is 257 g/mol. The number of rotatable bonds is 10. The number of hydrogen-bond acceptors (Lipinski definition) is 3. The van der Waals surface area contributed by atoms with Crippen molar-refractivity contribution in [2.45, 2.75) is 45.6 Å². The number of unbranched alkanes of at least 4 members (excludes halogenated alkanes) is 3. The Balaban J connectivity index is 2.39. The van der Waals surface area contributed by atoms with E-state index in [-0.39, 0.29) is 18.5 Å². The van der Waals surface area contributed by atoms with Crippen LogP contribution in [0.15, 0.2) is 18.2 Å². The van der Waals surface area contributed by atoms with Crippen molar-refractivity contribution in [3.05, 3.63) is 29.6 Å². The second-order valence-corrected chi connectivity index (χ2v) is 4.96. The standard InChI is InChI=1S/C16H26FNO2/c1-3-18-13(2)14-8-9-16(15(17)12-14)20-11-7-5-4-6-10-19/h8-9,12-13,18-19H,3-7,10-11H2,1-2H3. The summed E-state index contributed by atoms with van der Waals surface area (Å²) < 4.78 is 19.3. The lowest BCUT2D eigenvalue weighted by Crippen LogP contribution is -2.17. The van der Waals surface area contributed by atoms with E-state index in [4.69, 9.17) is 9.84 Å². The summed E-state index contributed by atoms with van der Waals surface area (Å²) in [5.41, 5.74) is 0.930. The van der Waals surface area contributed by atoms with Gasteiger partial charge in [-0.25, -0.2) is 4.39 Å². The summed E-state index contributed by atoms with van der Waals surface area (Å²) in [6.07, 6.45) is 3.69. The van der Waals surface area contributed by atoms with E-state index in [0.717, 1.165) is 37.8 Å². The number of benzene rings is 1. The molecule has 2 N–H and O–H groups in total. The normalized spacial score (nSPS) is 12.4. The second-order valence-electron chi connectivity index (χ2n) is 4.96. The minimum absolute atomic E-state index is 0.141. The first-order valence-corrected chi connectivity index (χ1v) is 7.45. The highest BCUT2D eigenvalue weighted by atomic mass is 19.1. The molecule has 4 heteroatoms. The zero-order valence-electron chi connectivity index (χ0n) is 12.5. The summed E-state index contributed by atoms with van der Waals surface area (Å²) in [5, 5.41) is 11.9.